The maximum Gasteiger partial charge on any atom is 0.339 e. The third-order valence-corrected chi connectivity index (χ3v) is 2.04. The van der Waals surface area contributed by atoms with Gasteiger partial charge in [0.05, 0.1) is 0 Å². The molecule has 1 aliphatic heterocycles. The topological polar surface area (TPSA) is 74.2 Å². The van der Waals surface area contributed by atoms with E-state index >= 15 is 0 Å². The van der Waals surface area contributed by atoms with Crippen molar-refractivity contribution in [2.75, 3.05) is 20.7 Å². The Kier molecular flexibility index (Phi) is 2.82. The molecule has 1 heterocycles. The highest BCUT2D eigenvalue weighted by Gasteiger charge is 2.21. The lowest BCUT2D eigenvalue weighted by atomic mass is 10.2. The van der Waals surface area contributed by atoms with Crippen molar-refractivity contribution in [1.82, 2.24) is 0 Å². The zero-order chi connectivity index (χ0) is 11.5. The van der Waals surface area contributed by atoms with E-state index in [0.29, 0.717) is 11.5 Å². The zero-order valence-corrected chi connectivity index (χ0v) is 8.56. The van der Waals surface area contributed by atoms with Crippen LogP contribution in [-0.4, -0.2) is 31.8 Å². The number of carbonyl (C=O) groups is 1. The van der Waals surface area contributed by atoms with E-state index in [0.717, 1.165) is 0 Å². The maximum atomic E-state index is 11.0. The Labute approximate surface area is 91.3 Å². The number of methoxy groups -OCH3 is 1. The molecule has 6 nitrogen and oxygen atoms in total. The van der Waals surface area contributed by atoms with Crippen molar-refractivity contribution in [2.45, 2.75) is 0 Å². The minimum atomic E-state index is -1.09. The average Bonchev–Trinajstić information content (AvgIpc) is 2.71. The summed E-state index contributed by atoms with van der Waals surface area (Å²) in [6.45, 7) is 0.0576. The summed E-state index contributed by atoms with van der Waals surface area (Å²) in [5.41, 5.74) is 0.0151. The Bertz CT molecular complexity index is 414. The van der Waals surface area contributed by atoms with Gasteiger partial charge in [0, 0.05) is 19.2 Å². The van der Waals surface area contributed by atoms with Crippen LogP contribution in [0.4, 0.5) is 0 Å². The van der Waals surface area contributed by atoms with Gasteiger partial charge < -0.3 is 24.1 Å². The van der Waals surface area contributed by atoms with Crippen LogP contribution in [0, 0.1) is 0 Å². The van der Waals surface area contributed by atoms with Gasteiger partial charge in [0.15, 0.2) is 18.3 Å². The van der Waals surface area contributed by atoms with Gasteiger partial charge in [-0.25, -0.2) is 4.79 Å². The van der Waals surface area contributed by atoms with Crippen molar-refractivity contribution in [2.24, 2.45) is 0 Å². The molecule has 0 spiro atoms. The van der Waals surface area contributed by atoms with Crippen LogP contribution in [0.2, 0.25) is 0 Å². The second kappa shape index (κ2) is 4.28. The minimum absolute atomic E-state index is 0.0151. The van der Waals surface area contributed by atoms with E-state index in [-0.39, 0.29) is 24.9 Å². The lowest BCUT2D eigenvalue weighted by Gasteiger charge is -2.08. The molecule has 1 aromatic rings. The zero-order valence-electron chi connectivity index (χ0n) is 8.56. The first kappa shape index (κ1) is 10.6. The number of hydrogen-bond donors (Lipinski definition) is 1. The fourth-order valence-electron chi connectivity index (χ4n) is 1.33. The van der Waals surface area contributed by atoms with Gasteiger partial charge in [0.25, 0.3) is 0 Å². The Hall–Kier alpha value is -1.95. The van der Waals surface area contributed by atoms with Crippen LogP contribution in [0.5, 0.6) is 17.2 Å². The molecule has 0 amide bonds. The molecule has 2 rings (SSSR count). The third kappa shape index (κ3) is 1.87. The fraction of sp³-hybridized carbons (Fsp3) is 0.300. The third-order valence-electron chi connectivity index (χ3n) is 2.04. The number of aromatic carboxylic acids is 1. The van der Waals surface area contributed by atoms with Crippen molar-refractivity contribution in [3.05, 3.63) is 17.7 Å². The van der Waals surface area contributed by atoms with E-state index < -0.39 is 5.97 Å². The first-order chi connectivity index (χ1) is 7.72. The van der Waals surface area contributed by atoms with Gasteiger partial charge in [-0.2, -0.15) is 0 Å². The van der Waals surface area contributed by atoms with Crippen molar-refractivity contribution < 1.29 is 28.8 Å². The molecule has 1 N–H and O–H groups in total. The average molecular weight is 226 g/mol. The van der Waals surface area contributed by atoms with E-state index in [2.05, 4.69) is 0 Å². The molecule has 0 saturated heterocycles. The SMILES string of the molecule is COCOc1cc2c(cc1C(=O)O)OCO2. The molecule has 0 saturated carbocycles. The van der Waals surface area contributed by atoms with E-state index in [9.17, 15) is 4.79 Å². The summed E-state index contributed by atoms with van der Waals surface area (Å²) in [6.07, 6.45) is 0. The van der Waals surface area contributed by atoms with E-state index in [1.165, 1.54) is 19.2 Å². The molecule has 0 unspecified atom stereocenters. The van der Waals surface area contributed by atoms with Crippen molar-refractivity contribution in [3.63, 3.8) is 0 Å². The number of hydrogen-bond acceptors (Lipinski definition) is 5. The van der Waals surface area contributed by atoms with Crippen molar-refractivity contribution >= 4 is 5.97 Å². The molecule has 0 aromatic heterocycles. The Morgan fingerprint density at radius 2 is 2.12 bits per heavy atom. The summed E-state index contributed by atoms with van der Waals surface area (Å²) >= 11 is 0. The number of carboxylic acids is 1. The van der Waals surface area contributed by atoms with Crippen LogP contribution < -0.4 is 14.2 Å². The van der Waals surface area contributed by atoms with Crippen LogP contribution in [0.15, 0.2) is 12.1 Å². The number of rotatable bonds is 4. The summed E-state index contributed by atoms with van der Waals surface area (Å²) < 4.78 is 20.0. The summed E-state index contributed by atoms with van der Waals surface area (Å²) in [5.74, 6) is -0.0266. The molecule has 0 radical (unpaired) electrons. The molecule has 0 aliphatic carbocycles. The normalized spacial score (nSPS) is 12.6. The summed E-state index contributed by atoms with van der Waals surface area (Å²) in [4.78, 5) is 11.0. The molecule has 1 aromatic carbocycles. The Balaban J connectivity index is 2.36. The lowest BCUT2D eigenvalue weighted by molar-refractivity contribution is 0.0482. The van der Waals surface area contributed by atoms with Gasteiger partial charge >= 0.3 is 5.97 Å². The molecule has 6 heteroatoms. The minimum Gasteiger partial charge on any atom is -0.478 e. The Morgan fingerprint density at radius 3 is 2.75 bits per heavy atom. The van der Waals surface area contributed by atoms with E-state index in [1.54, 1.807) is 0 Å². The molecule has 1 aliphatic rings. The molecular weight excluding hydrogens is 216 g/mol. The van der Waals surface area contributed by atoms with Crippen molar-refractivity contribution in [3.8, 4) is 17.2 Å². The van der Waals surface area contributed by atoms with Crippen molar-refractivity contribution in [1.29, 1.82) is 0 Å². The highest BCUT2D eigenvalue weighted by atomic mass is 16.7. The molecule has 0 bridgehead atoms. The number of ether oxygens (including phenoxy) is 4. The second-order valence-electron chi connectivity index (χ2n) is 3.06. The maximum absolute atomic E-state index is 11.0. The smallest absolute Gasteiger partial charge is 0.339 e. The largest absolute Gasteiger partial charge is 0.478 e. The molecule has 0 fully saturated rings. The lowest BCUT2D eigenvalue weighted by Crippen LogP contribution is -2.05. The predicted octanol–water partition coefficient (Wildman–Crippen LogP) is 1.10. The highest BCUT2D eigenvalue weighted by Crippen LogP contribution is 2.38. The summed E-state index contributed by atoms with van der Waals surface area (Å²) in [7, 11) is 1.45. The van der Waals surface area contributed by atoms with Crippen LogP contribution in [0.25, 0.3) is 0 Å². The fourth-order valence-corrected chi connectivity index (χ4v) is 1.33. The van der Waals surface area contributed by atoms with Crippen LogP contribution in [-0.2, 0) is 4.74 Å². The highest BCUT2D eigenvalue weighted by molar-refractivity contribution is 5.92. The monoisotopic (exact) mass is 226 g/mol. The van der Waals surface area contributed by atoms with E-state index in [4.69, 9.17) is 24.1 Å². The number of benzene rings is 1. The van der Waals surface area contributed by atoms with Gasteiger partial charge in [0.1, 0.15) is 11.3 Å². The molecule has 16 heavy (non-hydrogen) atoms. The second-order valence-corrected chi connectivity index (χ2v) is 3.06. The molecular formula is C10H10O6. The van der Waals surface area contributed by atoms with Gasteiger partial charge in [0.2, 0.25) is 6.79 Å². The first-order valence-electron chi connectivity index (χ1n) is 4.51. The van der Waals surface area contributed by atoms with Crippen LogP contribution in [0.3, 0.4) is 0 Å². The quantitative estimate of drug-likeness (QED) is 0.775. The number of carboxylic acid groups (broad SMARTS) is 1. The standard InChI is InChI=1S/C10H10O6/c1-13-4-14-7-3-9-8(15-5-16-9)2-6(7)10(11)12/h2-3H,4-5H2,1H3,(H,11,12). The first-order valence-corrected chi connectivity index (χ1v) is 4.51. The van der Waals surface area contributed by atoms with Crippen LogP contribution >= 0.6 is 0 Å². The van der Waals surface area contributed by atoms with Gasteiger partial charge in [-0.15, -0.1) is 0 Å². The van der Waals surface area contributed by atoms with Gasteiger partial charge in [-0.05, 0) is 0 Å². The summed E-state index contributed by atoms with van der Waals surface area (Å²) in [6, 6.07) is 2.85. The summed E-state index contributed by atoms with van der Waals surface area (Å²) in [5, 5.41) is 8.98. The van der Waals surface area contributed by atoms with Gasteiger partial charge in [-0.1, -0.05) is 0 Å². The number of fused-ring (bicyclic) bond motifs is 1. The molecule has 86 valence electrons. The molecule has 0 atom stereocenters. The Morgan fingerprint density at radius 1 is 1.44 bits per heavy atom. The van der Waals surface area contributed by atoms with Gasteiger partial charge in [-0.3, -0.25) is 0 Å². The van der Waals surface area contributed by atoms with E-state index in [1.807, 2.05) is 0 Å². The van der Waals surface area contributed by atoms with Crippen LogP contribution in [0.1, 0.15) is 10.4 Å². The predicted molar refractivity (Wildman–Crippen MR) is 52.0 cm³/mol.